The van der Waals surface area contributed by atoms with Gasteiger partial charge in [0, 0.05) is 47.2 Å². The minimum atomic E-state index is -2.80. The largest absolute Gasteiger partial charge is 0.381 e. The van der Waals surface area contributed by atoms with Crippen LogP contribution in [0.1, 0.15) is 60.7 Å². The Kier molecular flexibility index (Phi) is 6.99. The Morgan fingerprint density at radius 3 is 2.41 bits per heavy atom. The van der Waals surface area contributed by atoms with Crippen molar-refractivity contribution in [1.82, 2.24) is 9.72 Å². The van der Waals surface area contributed by atoms with Crippen molar-refractivity contribution in [2.75, 3.05) is 10.2 Å². The summed E-state index contributed by atoms with van der Waals surface area (Å²) in [4.78, 5) is 56.6. The molecule has 0 saturated heterocycles. The van der Waals surface area contributed by atoms with Gasteiger partial charge >= 0.3 is 0 Å². The van der Waals surface area contributed by atoms with E-state index in [2.05, 4.69) is 10.3 Å². The van der Waals surface area contributed by atoms with Crippen LogP contribution in [-0.4, -0.2) is 33.9 Å². The zero-order chi connectivity index (χ0) is 29.6. The van der Waals surface area contributed by atoms with E-state index in [4.69, 9.17) is 10.3 Å². The van der Waals surface area contributed by atoms with Crippen LogP contribution in [0.4, 0.5) is 20.2 Å². The molecule has 1 aliphatic heterocycles. The average molecular weight is 562 g/mol. The van der Waals surface area contributed by atoms with Gasteiger partial charge in [0.25, 0.3) is 17.4 Å². The van der Waals surface area contributed by atoms with E-state index in [0.717, 1.165) is 4.74 Å². The van der Waals surface area contributed by atoms with E-state index in [0.29, 0.717) is 28.3 Å². The second-order valence-corrected chi connectivity index (χ2v) is 9.66. The number of halogens is 2. The number of pyridine rings is 1. The van der Waals surface area contributed by atoms with E-state index < -0.39 is 36.6 Å². The third kappa shape index (κ3) is 4.99. The van der Waals surface area contributed by atoms with E-state index in [1.807, 2.05) is 0 Å². The number of amides is 3. The van der Waals surface area contributed by atoms with E-state index in [-0.39, 0.29) is 33.6 Å². The number of benzene rings is 2. The van der Waals surface area contributed by atoms with Gasteiger partial charge in [0.1, 0.15) is 11.5 Å². The molecule has 3 heterocycles. The van der Waals surface area contributed by atoms with Gasteiger partial charge in [-0.05, 0) is 55.8 Å². The number of carbonyl (C=O) groups is 3. The van der Waals surface area contributed by atoms with Gasteiger partial charge in [-0.2, -0.15) is 4.74 Å². The van der Waals surface area contributed by atoms with Crippen LogP contribution in [0.5, 0.6) is 0 Å². The predicted octanol–water partition coefficient (Wildman–Crippen LogP) is 4.37. The molecule has 1 atom stereocenters. The van der Waals surface area contributed by atoms with Gasteiger partial charge in [-0.25, -0.2) is 13.8 Å². The van der Waals surface area contributed by atoms with Crippen molar-refractivity contribution in [2.45, 2.75) is 32.7 Å². The minimum absolute atomic E-state index is 0.0769. The monoisotopic (exact) mass is 561 g/mol. The molecule has 0 spiro atoms. The first-order chi connectivity index (χ1) is 19.5. The Hall–Kier alpha value is -5.13. The van der Waals surface area contributed by atoms with Gasteiger partial charge < -0.3 is 20.5 Å². The number of fused-ring (bicyclic) bond motifs is 1. The van der Waals surface area contributed by atoms with Crippen LogP contribution in [0.2, 0.25) is 0 Å². The average Bonchev–Trinajstić information content (AvgIpc) is 3.33. The maximum absolute atomic E-state index is 13.9. The molecule has 41 heavy (non-hydrogen) atoms. The molecule has 2 aromatic carbocycles. The fourth-order valence-electron chi connectivity index (χ4n) is 5.12. The lowest BCUT2D eigenvalue weighted by atomic mass is 9.98. The summed E-state index contributed by atoms with van der Waals surface area (Å²) in [6.07, 6.45) is -3.55. The van der Waals surface area contributed by atoms with E-state index in [1.165, 1.54) is 42.3 Å². The topological polar surface area (TPSA) is 141 Å². The zero-order valence-electron chi connectivity index (χ0n) is 22.3. The van der Waals surface area contributed by atoms with Crippen molar-refractivity contribution in [2.24, 2.45) is 12.8 Å². The molecular formula is C29H25F2N5O5. The molecule has 3 amide bonds. The molecule has 10 nitrogen and oxygen atoms in total. The first-order valence-corrected chi connectivity index (χ1v) is 12.6. The molecule has 0 bridgehead atoms. The highest BCUT2D eigenvalue weighted by atomic mass is 19.3. The number of alkyl halides is 2. The Balaban J connectivity index is 1.55. The number of hydrogen-bond donors (Lipinski definition) is 2. The van der Waals surface area contributed by atoms with E-state index in [9.17, 15) is 28.0 Å². The molecule has 0 saturated carbocycles. The number of nitrogens with zero attached hydrogens (tertiary/aromatic N) is 3. The number of primary amides is 1. The Morgan fingerprint density at radius 2 is 1.80 bits per heavy atom. The van der Waals surface area contributed by atoms with Crippen LogP contribution in [0.25, 0.3) is 11.1 Å². The fraction of sp³-hybridized carbons (Fsp3) is 0.207. The van der Waals surface area contributed by atoms with Crippen LogP contribution < -0.4 is 21.5 Å². The number of anilines is 2. The van der Waals surface area contributed by atoms with Gasteiger partial charge in [0.15, 0.2) is 0 Å². The zero-order valence-corrected chi connectivity index (χ0v) is 22.3. The van der Waals surface area contributed by atoms with Gasteiger partial charge in [0.05, 0.1) is 11.6 Å². The molecule has 0 fully saturated rings. The molecule has 1 aliphatic rings. The van der Waals surface area contributed by atoms with Gasteiger partial charge in [0.2, 0.25) is 12.3 Å². The quantitative estimate of drug-likeness (QED) is 0.344. The standard InChI is InChI=1S/C29H25F2N5O5/c1-14-11-20-24(25(33-14)27(38)34-18-6-4-5-17(12-18)26(32)37)21(13-22(30)31)36(28(20)39)19-9-7-16(8-10-19)23-15(2)41-35(3)29(23)40/h4-12,21-22H,13H2,1-3H3,(H2,32,37)(H,34,38). The van der Waals surface area contributed by atoms with Crippen LogP contribution in [0.15, 0.2) is 63.9 Å². The number of rotatable bonds is 7. The van der Waals surface area contributed by atoms with Gasteiger partial charge in [-0.15, -0.1) is 0 Å². The maximum atomic E-state index is 13.9. The Bertz CT molecular complexity index is 1760. The highest BCUT2D eigenvalue weighted by molar-refractivity contribution is 6.15. The summed E-state index contributed by atoms with van der Waals surface area (Å²) in [5, 5.41) is 2.62. The SMILES string of the molecule is Cc1cc2c(c(C(=O)Nc3cccc(C(N)=O)c3)n1)C(CC(F)F)N(c1ccc(-c3c(C)on(C)c3=O)cc1)C2=O. The van der Waals surface area contributed by atoms with Crippen LogP contribution in [0.3, 0.4) is 0 Å². The number of aromatic nitrogens is 2. The second-order valence-electron chi connectivity index (χ2n) is 9.66. The second kappa shape index (κ2) is 10.5. The van der Waals surface area contributed by atoms with Crippen molar-refractivity contribution < 1.29 is 27.7 Å². The Labute approximate surface area is 232 Å². The first-order valence-electron chi connectivity index (χ1n) is 12.6. The lowest BCUT2D eigenvalue weighted by Crippen LogP contribution is -2.29. The van der Waals surface area contributed by atoms with Crippen molar-refractivity contribution in [3.63, 3.8) is 0 Å². The van der Waals surface area contributed by atoms with Crippen LogP contribution >= 0.6 is 0 Å². The predicted molar refractivity (Wildman–Crippen MR) is 146 cm³/mol. The van der Waals surface area contributed by atoms with Crippen molar-refractivity contribution >= 4 is 29.1 Å². The number of nitrogens with one attached hydrogen (secondary N) is 1. The van der Waals surface area contributed by atoms with Crippen LogP contribution in [-0.2, 0) is 7.05 Å². The summed E-state index contributed by atoms with van der Waals surface area (Å²) in [6, 6.07) is 12.5. The third-order valence-electron chi connectivity index (χ3n) is 6.86. The molecule has 0 radical (unpaired) electrons. The molecule has 2 aromatic heterocycles. The smallest absolute Gasteiger partial charge is 0.290 e. The molecule has 3 N–H and O–H groups in total. The number of hydrogen-bond acceptors (Lipinski definition) is 6. The van der Waals surface area contributed by atoms with Crippen molar-refractivity contribution in [3.8, 4) is 11.1 Å². The first kappa shape index (κ1) is 27.4. The van der Waals surface area contributed by atoms with Crippen LogP contribution in [0, 0.1) is 13.8 Å². The molecular weight excluding hydrogens is 536 g/mol. The number of aryl methyl sites for hydroxylation is 3. The fourth-order valence-corrected chi connectivity index (χ4v) is 5.12. The third-order valence-corrected chi connectivity index (χ3v) is 6.86. The lowest BCUT2D eigenvalue weighted by Gasteiger charge is -2.26. The summed E-state index contributed by atoms with van der Waals surface area (Å²) in [5.74, 6) is -1.58. The van der Waals surface area contributed by atoms with Crippen molar-refractivity contribution in [1.29, 1.82) is 0 Å². The molecule has 4 aromatic rings. The molecule has 0 aliphatic carbocycles. The summed E-state index contributed by atoms with van der Waals surface area (Å²) in [5.41, 5.74) is 6.90. The summed E-state index contributed by atoms with van der Waals surface area (Å²) in [7, 11) is 1.49. The highest BCUT2D eigenvalue weighted by Crippen LogP contribution is 2.43. The van der Waals surface area contributed by atoms with Gasteiger partial charge in [-0.3, -0.25) is 19.2 Å². The maximum Gasteiger partial charge on any atom is 0.290 e. The molecule has 210 valence electrons. The molecule has 5 rings (SSSR count). The summed E-state index contributed by atoms with van der Waals surface area (Å²) < 4.78 is 34.3. The van der Waals surface area contributed by atoms with Gasteiger partial charge in [-0.1, -0.05) is 18.2 Å². The lowest BCUT2D eigenvalue weighted by molar-refractivity contribution is 0.0964. The summed E-state index contributed by atoms with van der Waals surface area (Å²) in [6.45, 7) is 3.24. The van der Waals surface area contributed by atoms with E-state index in [1.54, 1.807) is 38.1 Å². The highest BCUT2D eigenvalue weighted by Gasteiger charge is 2.43. The normalized spacial score (nSPS) is 14.4. The van der Waals surface area contributed by atoms with E-state index >= 15 is 0 Å². The Morgan fingerprint density at radius 1 is 1.10 bits per heavy atom. The molecule has 1 unspecified atom stereocenters. The van der Waals surface area contributed by atoms with Crippen molar-refractivity contribution in [3.05, 3.63) is 98.8 Å². The minimum Gasteiger partial charge on any atom is -0.381 e. The number of carbonyl (C=O) groups excluding carboxylic acids is 3. The summed E-state index contributed by atoms with van der Waals surface area (Å²) >= 11 is 0. The molecule has 12 heteroatoms. The number of nitrogens with two attached hydrogens (primary N) is 1.